The van der Waals surface area contributed by atoms with Gasteiger partial charge in [-0.15, -0.1) is 0 Å². The van der Waals surface area contributed by atoms with Crippen LogP contribution in [0.5, 0.6) is 0 Å². The fourth-order valence-electron chi connectivity index (χ4n) is 3.18. The van der Waals surface area contributed by atoms with Crippen molar-refractivity contribution in [2.45, 2.75) is 25.1 Å². The van der Waals surface area contributed by atoms with Gasteiger partial charge in [0, 0.05) is 29.8 Å². The first-order valence-electron chi connectivity index (χ1n) is 9.06. The number of benzene rings is 1. The summed E-state index contributed by atoms with van der Waals surface area (Å²) in [5.41, 5.74) is 1.16. The van der Waals surface area contributed by atoms with Crippen LogP contribution in [0, 0.1) is 5.92 Å². The molecule has 3 rings (SSSR count). The molecule has 1 aliphatic heterocycles. The van der Waals surface area contributed by atoms with E-state index in [0.29, 0.717) is 6.54 Å². The van der Waals surface area contributed by atoms with Crippen molar-refractivity contribution in [1.82, 2.24) is 10.2 Å². The van der Waals surface area contributed by atoms with E-state index in [0.717, 1.165) is 60.3 Å². The number of hydrogen-bond acceptors (Lipinski definition) is 4. The molecule has 2 heterocycles. The molecule has 0 unspecified atom stereocenters. The number of amides is 1. The highest BCUT2D eigenvalue weighted by Gasteiger charge is 2.24. The van der Waals surface area contributed by atoms with Crippen molar-refractivity contribution in [3.8, 4) is 0 Å². The summed E-state index contributed by atoms with van der Waals surface area (Å²) < 4.78 is 5.30. The highest BCUT2D eigenvalue weighted by Crippen LogP contribution is 2.22. The molecule has 0 saturated carbocycles. The molecule has 0 bridgehead atoms. The molecule has 140 valence electrons. The number of piperidine rings is 1. The Labute approximate surface area is 164 Å². The van der Waals surface area contributed by atoms with Crippen molar-refractivity contribution < 1.29 is 9.21 Å². The molecular weight excluding hydrogens is 368 g/mol. The van der Waals surface area contributed by atoms with Gasteiger partial charge in [0.15, 0.2) is 0 Å². The smallest absolute Gasteiger partial charge is 0.223 e. The molecule has 1 N–H and O–H groups in total. The van der Waals surface area contributed by atoms with Crippen LogP contribution < -0.4 is 5.32 Å². The van der Waals surface area contributed by atoms with Crippen molar-refractivity contribution in [3.63, 3.8) is 0 Å². The Balaban J connectivity index is 1.31. The van der Waals surface area contributed by atoms with E-state index < -0.39 is 0 Å². The summed E-state index contributed by atoms with van der Waals surface area (Å²) in [7, 11) is 0. The number of rotatable bonds is 8. The van der Waals surface area contributed by atoms with Gasteiger partial charge < -0.3 is 9.73 Å². The Bertz CT molecular complexity index is 685. The Morgan fingerprint density at radius 2 is 2.04 bits per heavy atom. The van der Waals surface area contributed by atoms with Gasteiger partial charge in [-0.2, -0.15) is 11.8 Å². The maximum absolute atomic E-state index is 12.3. The highest BCUT2D eigenvalue weighted by molar-refractivity contribution is 7.98. The number of thioether (sulfide) groups is 1. The molecule has 0 aliphatic carbocycles. The summed E-state index contributed by atoms with van der Waals surface area (Å²) in [6.07, 6.45) is 3.52. The second-order valence-corrected chi connectivity index (χ2v) is 8.08. The molecular formula is C20H25ClN2O2S. The third kappa shape index (κ3) is 5.79. The zero-order chi connectivity index (χ0) is 18.2. The molecule has 2 aromatic rings. The average Bonchev–Trinajstić information content (AvgIpc) is 3.17. The minimum absolute atomic E-state index is 0.132. The Morgan fingerprint density at radius 1 is 1.23 bits per heavy atom. The van der Waals surface area contributed by atoms with Gasteiger partial charge in [-0.1, -0.05) is 29.8 Å². The van der Waals surface area contributed by atoms with Crippen molar-refractivity contribution in [1.29, 1.82) is 0 Å². The molecule has 26 heavy (non-hydrogen) atoms. The summed E-state index contributed by atoms with van der Waals surface area (Å²) in [6, 6.07) is 11.8. The standard InChI is InChI=1S/C20H25ClN2O2S/c21-19-6-2-1-4-17(19)14-23-10-7-16(8-11-23)20(24)22-9-13-26-15-18-5-3-12-25-18/h1-6,12,16H,7-11,13-15H2,(H,22,24). The molecule has 1 aliphatic rings. The van der Waals surface area contributed by atoms with E-state index in [2.05, 4.69) is 16.3 Å². The first kappa shape index (κ1) is 19.3. The summed E-state index contributed by atoms with van der Waals surface area (Å²) in [5.74, 6) is 3.06. The first-order chi connectivity index (χ1) is 12.7. The number of nitrogens with one attached hydrogen (secondary N) is 1. The predicted molar refractivity (Wildman–Crippen MR) is 107 cm³/mol. The Kier molecular flexibility index (Phi) is 7.47. The molecule has 6 heteroatoms. The number of carbonyl (C=O) groups excluding carboxylic acids is 1. The summed E-state index contributed by atoms with van der Waals surface area (Å²) >= 11 is 8.01. The monoisotopic (exact) mass is 392 g/mol. The first-order valence-corrected chi connectivity index (χ1v) is 10.6. The van der Waals surface area contributed by atoms with Crippen molar-refractivity contribution in [2.75, 3.05) is 25.4 Å². The number of furan rings is 1. The van der Waals surface area contributed by atoms with Gasteiger partial charge in [-0.25, -0.2) is 0 Å². The van der Waals surface area contributed by atoms with Crippen LogP contribution in [0.4, 0.5) is 0 Å². The average molecular weight is 393 g/mol. The van der Waals surface area contributed by atoms with Gasteiger partial charge in [0.25, 0.3) is 0 Å². The molecule has 0 spiro atoms. The van der Waals surface area contributed by atoms with Crippen LogP contribution in [0.2, 0.25) is 5.02 Å². The lowest BCUT2D eigenvalue weighted by Gasteiger charge is -2.31. The van der Waals surface area contributed by atoms with Crippen LogP contribution >= 0.6 is 23.4 Å². The highest BCUT2D eigenvalue weighted by atomic mass is 35.5. The van der Waals surface area contributed by atoms with E-state index >= 15 is 0 Å². The van der Waals surface area contributed by atoms with Crippen LogP contribution in [0.25, 0.3) is 0 Å². The maximum Gasteiger partial charge on any atom is 0.223 e. The number of hydrogen-bond donors (Lipinski definition) is 1. The molecule has 0 radical (unpaired) electrons. The van der Waals surface area contributed by atoms with Gasteiger partial charge in [0.05, 0.1) is 12.0 Å². The van der Waals surface area contributed by atoms with Gasteiger partial charge in [-0.3, -0.25) is 9.69 Å². The van der Waals surface area contributed by atoms with E-state index in [1.807, 2.05) is 30.3 Å². The van der Waals surface area contributed by atoms with Crippen molar-refractivity contribution in [2.24, 2.45) is 5.92 Å². The minimum atomic E-state index is 0.132. The fraction of sp³-hybridized carbons (Fsp3) is 0.450. The minimum Gasteiger partial charge on any atom is -0.468 e. The van der Waals surface area contributed by atoms with Crippen molar-refractivity contribution in [3.05, 3.63) is 59.0 Å². The normalized spacial score (nSPS) is 15.9. The van der Waals surface area contributed by atoms with E-state index in [1.165, 1.54) is 0 Å². The molecule has 1 saturated heterocycles. The Hall–Kier alpha value is -1.43. The van der Waals surface area contributed by atoms with Crippen LogP contribution in [-0.4, -0.2) is 36.2 Å². The number of halogens is 1. The van der Waals surface area contributed by atoms with Gasteiger partial charge in [0.2, 0.25) is 5.91 Å². The number of carbonyl (C=O) groups is 1. The zero-order valence-electron chi connectivity index (χ0n) is 14.8. The van der Waals surface area contributed by atoms with Crippen LogP contribution in [0.3, 0.4) is 0 Å². The van der Waals surface area contributed by atoms with Gasteiger partial charge in [-0.05, 0) is 49.7 Å². The molecule has 0 atom stereocenters. The predicted octanol–water partition coefficient (Wildman–Crippen LogP) is 4.19. The van der Waals surface area contributed by atoms with Crippen molar-refractivity contribution >= 4 is 29.3 Å². The van der Waals surface area contributed by atoms with Crippen LogP contribution in [0.15, 0.2) is 47.1 Å². The number of nitrogens with zero attached hydrogens (tertiary/aromatic N) is 1. The van der Waals surface area contributed by atoms with Crippen LogP contribution in [0.1, 0.15) is 24.2 Å². The fourth-order valence-corrected chi connectivity index (χ4v) is 4.13. The Morgan fingerprint density at radius 3 is 2.77 bits per heavy atom. The van der Waals surface area contributed by atoms with Gasteiger partial charge >= 0.3 is 0 Å². The second kappa shape index (κ2) is 10.0. The van der Waals surface area contributed by atoms with E-state index in [1.54, 1.807) is 18.0 Å². The van der Waals surface area contributed by atoms with E-state index in [-0.39, 0.29) is 11.8 Å². The summed E-state index contributed by atoms with van der Waals surface area (Å²) in [4.78, 5) is 14.7. The largest absolute Gasteiger partial charge is 0.468 e. The van der Waals surface area contributed by atoms with E-state index in [4.69, 9.17) is 16.0 Å². The number of likely N-dealkylation sites (tertiary alicyclic amines) is 1. The molecule has 1 aromatic carbocycles. The lowest BCUT2D eigenvalue weighted by atomic mass is 9.95. The lowest BCUT2D eigenvalue weighted by Crippen LogP contribution is -2.40. The lowest BCUT2D eigenvalue weighted by molar-refractivity contribution is -0.126. The van der Waals surface area contributed by atoms with Crippen LogP contribution in [-0.2, 0) is 17.1 Å². The van der Waals surface area contributed by atoms with E-state index in [9.17, 15) is 4.79 Å². The summed E-state index contributed by atoms with van der Waals surface area (Å²) in [5, 5.41) is 3.90. The molecule has 1 amide bonds. The SMILES string of the molecule is O=C(NCCSCc1ccco1)C1CCN(Cc2ccccc2Cl)CC1. The van der Waals surface area contributed by atoms with Gasteiger partial charge in [0.1, 0.15) is 5.76 Å². The second-order valence-electron chi connectivity index (χ2n) is 6.56. The maximum atomic E-state index is 12.3. The molecule has 4 nitrogen and oxygen atoms in total. The summed E-state index contributed by atoms with van der Waals surface area (Å²) in [6.45, 7) is 3.45. The molecule has 1 fully saturated rings. The third-order valence-electron chi connectivity index (χ3n) is 4.68. The topological polar surface area (TPSA) is 45.5 Å². The molecule has 1 aromatic heterocycles. The third-order valence-corrected chi connectivity index (χ3v) is 6.03. The quantitative estimate of drug-likeness (QED) is 0.684. The zero-order valence-corrected chi connectivity index (χ0v) is 16.4.